The smallest absolute Gasteiger partial charge is 0.343 e. The molecule has 3 heterocycles. The minimum Gasteiger partial charge on any atom is -0.343 e. The second-order valence-corrected chi connectivity index (χ2v) is 11.7. The maximum atomic E-state index is 14.4. The third-order valence-electron chi connectivity index (χ3n) is 5.74. The van der Waals surface area contributed by atoms with Crippen LogP contribution in [0.15, 0.2) is 4.79 Å². The molecule has 7 nitrogen and oxygen atoms in total. The van der Waals surface area contributed by atoms with Gasteiger partial charge in [0.05, 0.1) is 21.4 Å². The van der Waals surface area contributed by atoms with Gasteiger partial charge in [-0.2, -0.15) is 18.4 Å². The first-order valence-corrected chi connectivity index (χ1v) is 12.6. The van der Waals surface area contributed by atoms with E-state index in [-0.39, 0.29) is 29.5 Å². The highest BCUT2D eigenvalue weighted by molar-refractivity contribution is 7.16. The van der Waals surface area contributed by atoms with Gasteiger partial charge in [0.15, 0.2) is 10.8 Å². The third-order valence-corrected chi connectivity index (χ3v) is 6.75. The number of nitriles is 1. The van der Waals surface area contributed by atoms with E-state index in [9.17, 15) is 23.2 Å². The second-order valence-electron chi connectivity index (χ2n) is 10.6. The molecule has 0 aliphatic rings. The molecule has 194 valence electrons. The van der Waals surface area contributed by atoms with Crippen LogP contribution >= 0.6 is 11.3 Å². The molecule has 0 aromatic carbocycles. The van der Waals surface area contributed by atoms with Crippen molar-refractivity contribution < 1.29 is 13.2 Å². The van der Waals surface area contributed by atoms with Crippen molar-refractivity contribution in [2.45, 2.75) is 91.9 Å². The minimum atomic E-state index is -4.96. The summed E-state index contributed by atoms with van der Waals surface area (Å²) in [6.07, 6.45) is -3.73. The molecule has 0 saturated heterocycles. The summed E-state index contributed by atoms with van der Waals surface area (Å²) in [5, 5.41) is 17.5. The molecule has 0 N–H and O–H groups in total. The van der Waals surface area contributed by atoms with Crippen LogP contribution in [0.5, 0.6) is 0 Å². The molecule has 36 heavy (non-hydrogen) atoms. The number of halogens is 3. The average Bonchev–Trinajstić information content (AvgIpc) is 3.33. The largest absolute Gasteiger partial charge is 0.418 e. The number of thiazole rings is 1. The monoisotopic (exact) mass is 520 g/mol. The molecule has 11 heteroatoms. The van der Waals surface area contributed by atoms with E-state index in [1.54, 1.807) is 19.9 Å². The molecule has 3 rings (SSSR count). The Hall–Kier alpha value is -3.00. The molecule has 0 fully saturated rings. The molecule has 0 atom stereocenters. The lowest BCUT2D eigenvalue weighted by Gasteiger charge is -2.30. The normalized spacial score (nSPS) is 13.4. The van der Waals surface area contributed by atoms with Crippen LogP contribution in [0.3, 0.4) is 0 Å². The number of hydrogen-bond donors (Lipinski definition) is 0. The van der Waals surface area contributed by atoms with Crippen LogP contribution in [0.25, 0.3) is 11.7 Å². The standard InChI is InChI=1S/C25H31F3N6OS/c1-12(2)20-31-32-21-16(11-29)18(25(26,27)28)15(22(35)34(20)21)10-17-19(24(7,8)9)30-23(36-17)33(13(3)4)14(5)6/h10,12-14H,1-9H3. The molecule has 0 radical (unpaired) electrons. The van der Waals surface area contributed by atoms with E-state index in [4.69, 9.17) is 4.98 Å². The molecule has 0 unspecified atom stereocenters. The summed E-state index contributed by atoms with van der Waals surface area (Å²) < 4.78 is 44.1. The predicted octanol–water partition coefficient (Wildman–Crippen LogP) is 5.03. The highest BCUT2D eigenvalue weighted by Crippen LogP contribution is 2.37. The van der Waals surface area contributed by atoms with Crippen LogP contribution in [-0.4, -0.2) is 31.7 Å². The van der Waals surface area contributed by atoms with Crippen molar-refractivity contribution in [3.63, 3.8) is 0 Å². The second kappa shape index (κ2) is 9.47. The molecular weight excluding hydrogens is 489 g/mol. The molecule has 0 amide bonds. The summed E-state index contributed by atoms with van der Waals surface area (Å²) in [6.45, 7) is 17.3. The fraction of sp³-hybridized carbons (Fsp3) is 0.560. The molecule has 0 aliphatic carbocycles. The lowest BCUT2D eigenvalue weighted by atomic mass is 9.91. The van der Waals surface area contributed by atoms with Gasteiger partial charge in [-0.3, -0.25) is 4.79 Å². The first-order chi connectivity index (χ1) is 16.5. The Morgan fingerprint density at radius 2 is 1.64 bits per heavy atom. The third kappa shape index (κ3) is 4.83. The van der Waals surface area contributed by atoms with E-state index in [0.717, 1.165) is 4.40 Å². The highest BCUT2D eigenvalue weighted by atomic mass is 32.1. The first-order valence-electron chi connectivity index (χ1n) is 11.7. The number of nitrogens with zero attached hydrogens (tertiary/aromatic N) is 6. The SMILES string of the molecule is CC(C)c1nnc2c(C#N)c(C(F)(F)F)c(=Cc3sc(N(C(C)C)C(C)C)nc3C(C)(C)C)c(=O)n12. The van der Waals surface area contributed by atoms with Crippen LogP contribution < -0.4 is 15.7 Å². The number of rotatable bonds is 5. The van der Waals surface area contributed by atoms with Crippen LogP contribution in [0.2, 0.25) is 0 Å². The van der Waals surface area contributed by atoms with Crippen molar-refractivity contribution in [2.24, 2.45) is 0 Å². The molecule has 3 aromatic rings. The Morgan fingerprint density at radius 3 is 2.08 bits per heavy atom. The van der Waals surface area contributed by atoms with E-state index in [0.29, 0.717) is 15.7 Å². The Kier molecular flexibility index (Phi) is 7.25. The topological polar surface area (TPSA) is 87.2 Å². The Morgan fingerprint density at radius 1 is 1.06 bits per heavy atom. The van der Waals surface area contributed by atoms with Crippen molar-refractivity contribution in [3.8, 4) is 6.07 Å². The van der Waals surface area contributed by atoms with Gasteiger partial charge < -0.3 is 4.90 Å². The van der Waals surface area contributed by atoms with Crippen molar-refractivity contribution in [2.75, 3.05) is 4.90 Å². The van der Waals surface area contributed by atoms with E-state index in [1.807, 2.05) is 48.5 Å². The number of hydrogen-bond acceptors (Lipinski definition) is 7. The Labute approximate surface area is 212 Å². The van der Waals surface area contributed by atoms with Crippen LogP contribution in [0.1, 0.15) is 95.8 Å². The first kappa shape index (κ1) is 27.6. The van der Waals surface area contributed by atoms with Gasteiger partial charge in [0.2, 0.25) is 0 Å². The molecule has 0 saturated carbocycles. The lowest BCUT2D eigenvalue weighted by Crippen LogP contribution is -2.39. The number of anilines is 1. The fourth-order valence-corrected chi connectivity index (χ4v) is 5.76. The maximum Gasteiger partial charge on any atom is 0.418 e. The van der Waals surface area contributed by atoms with E-state index in [2.05, 4.69) is 15.1 Å². The molecule has 0 bridgehead atoms. The minimum absolute atomic E-state index is 0.102. The zero-order valence-electron chi connectivity index (χ0n) is 21.9. The summed E-state index contributed by atoms with van der Waals surface area (Å²) in [5.41, 5.74) is -3.26. The van der Waals surface area contributed by atoms with Gasteiger partial charge in [0, 0.05) is 23.4 Å². The number of alkyl halides is 3. The zero-order valence-corrected chi connectivity index (χ0v) is 22.8. The summed E-state index contributed by atoms with van der Waals surface area (Å²) in [6, 6.07) is 1.83. The van der Waals surface area contributed by atoms with Gasteiger partial charge >= 0.3 is 6.18 Å². The van der Waals surface area contributed by atoms with Crippen molar-refractivity contribution in [1.29, 1.82) is 5.26 Å². The molecule has 0 spiro atoms. The highest BCUT2D eigenvalue weighted by Gasteiger charge is 2.39. The summed E-state index contributed by atoms with van der Waals surface area (Å²) in [5.74, 6) is -0.101. The Bertz CT molecular complexity index is 1430. The van der Waals surface area contributed by atoms with Gasteiger partial charge in [-0.05, 0) is 33.8 Å². The van der Waals surface area contributed by atoms with Gasteiger partial charge in [-0.1, -0.05) is 46.0 Å². The maximum absolute atomic E-state index is 14.4. The molecule has 3 aromatic heterocycles. The van der Waals surface area contributed by atoms with Crippen LogP contribution in [0.4, 0.5) is 18.3 Å². The predicted molar refractivity (Wildman–Crippen MR) is 135 cm³/mol. The Balaban J connectivity index is 2.55. The number of aromatic nitrogens is 4. The van der Waals surface area contributed by atoms with Crippen molar-refractivity contribution >= 4 is 28.2 Å². The average molecular weight is 521 g/mol. The summed E-state index contributed by atoms with van der Waals surface area (Å²) in [4.78, 5) is 20.9. The van der Waals surface area contributed by atoms with Crippen molar-refractivity contribution in [3.05, 3.63) is 43.1 Å². The summed E-state index contributed by atoms with van der Waals surface area (Å²) in [7, 11) is 0. The molecular formula is C25H31F3N6OS. The van der Waals surface area contributed by atoms with Crippen LogP contribution in [-0.2, 0) is 11.6 Å². The zero-order chi connectivity index (χ0) is 27.3. The number of fused-ring (bicyclic) bond motifs is 1. The quantitative estimate of drug-likeness (QED) is 0.469. The van der Waals surface area contributed by atoms with Gasteiger partial charge in [-0.15, -0.1) is 10.2 Å². The van der Waals surface area contributed by atoms with Gasteiger partial charge in [-0.25, -0.2) is 9.38 Å². The van der Waals surface area contributed by atoms with E-state index in [1.165, 1.54) is 17.4 Å². The molecule has 0 aliphatic heterocycles. The fourth-order valence-electron chi connectivity index (χ4n) is 4.28. The van der Waals surface area contributed by atoms with Crippen LogP contribution in [0, 0.1) is 11.3 Å². The lowest BCUT2D eigenvalue weighted by molar-refractivity contribution is -0.138. The number of pyridine rings is 1. The van der Waals surface area contributed by atoms with Gasteiger partial charge in [0.25, 0.3) is 5.56 Å². The van der Waals surface area contributed by atoms with E-state index >= 15 is 0 Å². The van der Waals surface area contributed by atoms with Crippen molar-refractivity contribution in [1.82, 2.24) is 19.6 Å². The van der Waals surface area contributed by atoms with Gasteiger partial charge in [0.1, 0.15) is 17.5 Å². The van der Waals surface area contributed by atoms with E-state index < -0.39 is 33.5 Å². The summed E-state index contributed by atoms with van der Waals surface area (Å²) >= 11 is 1.24.